The molecule has 0 radical (unpaired) electrons. The average molecular weight is 475 g/mol. The Morgan fingerprint density at radius 2 is 1.94 bits per heavy atom. The number of nitrogens with zero attached hydrogens (tertiary/aromatic N) is 2. The van der Waals surface area contributed by atoms with Crippen LogP contribution in [0.1, 0.15) is 23.2 Å². The Balaban J connectivity index is 1.59. The maximum absolute atomic E-state index is 14.2. The molecule has 178 valence electrons. The van der Waals surface area contributed by atoms with E-state index in [9.17, 15) is 14.4 Å². The molecule has 2 aromatic carbocycles. The number of ether oxygens (including phenoxy) is 1. The molecule has 8 nitrogen and oxygen atoms in total. The van der Waals surface area contributed by atoms with E-state index in [0.717, 1.165) is 5.56 Å². The van der Waals surface area contributed by atoms with Crippen molar-refractivity contribution in [2.24, 2.45) is 0 Å². The standard InChI is InChI=1S/C25H23BFN3O5/c27-21-10-9-19(14-20(17-28)22-8-4-5-12-29-22)15-23(21)34-13-11-24(31)30-25(35-26(32)33)16-18-6-2-1-3-7-18/h1-10,12,14-15,25,32-33H,11,13,16H2,(H,30,31)/t25-/m1/s1. The van der Waals surface area contributed by atoms with Gasteiger partial charge in [-0.3, -0.25) is 9.78 Å². The number of carbonyl (C=O) groups excluding carboxylic acids is 1. The number of aromatic nitrogens is 1. The number of nitrogens with one attached hydrogen (secondary N) is 1. The number of halogens is 1. The van der Waals surface area contributed by atoms with Crippen molar-refractivity contribution >= 4 is 24.9 Å². The van der Waals surface area contributed by atoms with E-state index in [0.29, 0.717) is 16.8 Å². The molecular weight excluding hydrogens is 452 g/mol. The first-order valence-electron chi connectivity index (χ1n) is 10.7. The van der Waals surface area contributed by atoms with Crippen LogP contribution < -0.4 is 10.1 Å². The highest BCUT2D eigenvalue weighted by Gasteiger charge is 2.20. The van der Waals surface area contributed by atoms with Gasteiger partial charge in [-0.15, -0.1) is 0 Å². The van der Waals surface area contributed by atoms with Gasteiger partial charge in [0.05, 0.1) is 24.3 Å². The molecule has 10 heteroatoms. The topological polar surface area (TPSA) is 125 Å². The number of hydrogen-bond acceptors (Lipinski definition) is 7. The molecule has 0 bridgehead atoms. The third-order valence-corrected chi connectivity index (χ3v) is 4.79. The van der Waals surface area contributed by atoms with Crippen molar-refractivity contribution in [2.75, 3.05) is 6.61 Å². The summed E-state index contributed by atoms with van der Waals surface area (Å²) >= 11 is 0. The Morgan fingerprint density at radius 1 is 1.17 bits per heavy atom. The summed E-state index contributed by atoms with van der Waals surface area (Å²) in [6, 6.07) is 20.5. The van der Waals surface area contributed by atoms with Crippen molar-refractivity contribution in [1.82, 2.24) is 10.3 Å². The highest BCUT2D eigenvalue weighted by atomic mass is 19.1. The van der Waals surface area contributed by atoms with Crippen molar-refractivity contribution in [3.05, 3.63) is 95.6 Å². The molecule has 3 N–H and O–H groups in total. The molecule has 0 aliphatic rings. The summed E-state index contributed by atoms with van der Waals surface area (Å²) in [4.78, 5) is 16.5. The molecule has 1 aromatic heterocycles. The molecule has 3 aromatic rings. The normalized spacial score (nSPS) is 11.9. The molecule has 3 rings (SSSR count). The van der Waals surface area contributed by atoms with Gasteiger partial charge in [-0.1, -0.05) is 42.5 Å². The van der Waals surface area contributed by atoms with Gasteiger partial charge in [0.2, 0.25) is 5.91 Å². The zero-order chi connectivity index (χ0) is 25.0. The first kappa shape index (κ1) is 25.6. The zero-order valence-electron chi connectivity index (χ0n) is 18.7. The van der Waals surface area contributed by atoms with Gasteiger partial charge in [-0.05, 0) is 41.5 Å². The number of carbonyl (C=O) groups is 1. The lowest BCUT2D eigenvalue weighted by Crippen LogP contribution is -2.42. The number of rotatable bonds is 11. The van der Waals surface area contributed by atoms with Crippen molar-refractivity contribution in [3.63, 3.8) is 0 Å². The maximum Gasteiger partial charge on any atom is 0.635 e. The van der Waals surface area contributed by atoms with Crippen molar-refractivity contribution in [2.45, 2.75) is 19.1 Å². The van der Waals surface area contributed by atoms with Gasteiger partial charge in [0, 0.05) is 12.6 Å². The number of benzene rings is 2. The monoisotopic (exact) mass is 475 g/mol. The molecule has 0 fully saturated rings. The van der Waals surface area contributed by atoms with Gasteiger partial charge in [0.15, 0.2) is 11.6 Å². The predicted molar refractivity (Wildman–Crippen MR) is 128 cm³/mol. The molecule has 0 spiro atoms. The predicted octanol–water partition coefficient (Wildman–Crippen LogP) is 2.72. The van der Waals surface area contributed by atoms with Gasteiger partial charge in [0.25, 0.3) is 0 Å². The second-order valence-corrected chi connectivity index (χ2v) is 7.38. The van der Waals surface area contributed by atoms with Crippen molar-refractivity contribution < 1.29 is 28.6 Å². The summed E-state index contributed by atoms with van der Waals surface area (Å²) in [7, 11) is -2.06. The molecule has 1 heterocycles. The van der Waals surface area contributed by atoms with E-state index < -0.39 is 25.3 Å². The molecule has 0 unspecified atom stereocenters. The summed E-state index contributed by atoms with van der Waals surface area (Å²) < 4.78 is 24.6. The second kappa shape index (κ2) is 13.0. The Bertz CT molecular complexity index is 1190. The van der Waals surface area contributed by atoms with Crippen molar-refractivity contribution in [3.8, 4) is 11.8 Å². The third-order valence-electron chi connectivity index (χ3n) is 4.79. The molecule has 1 atom stereocenters. The van der Waals surface area contributed by atoms with Crippen LogP contribution in [0.2, 0.25) is 0 Å². The van der Waals surface area contributed by atoms with Crippen LogP contribution in [0.15, 0.2) is 72.9 Å². The molecule has 0 saturated carbocycles. The minimum Gasteiger partial charge on any atom is -0.490 e. The molecule has 0 aliphatic carbocycles. The van der Waals surface area contributed by atoms with Gasteiger partial charge < -0.3 is 24.8 Å². The van der Waals surface area contributed by atoms with E-state index in [-0.39, 0.29) is 25.2 Å². The largest absolute Gasteiger partial charge is 0.635 e. The molecular formula is C25H23BFN3O5. The van der Waals surface area contributed by atoms with Crippen LogP contribution in [0.4, 0.5) is 4.39 Å². The Kier molecular flexibility index (Phi) is 9.51. The Morgan fingerprint density at radius 3 is 2.63 bits per heavy atom. The summed E-state index contributed by atoms with van der Waals surface area (Å²) in [5.41, 5.74) is 2.14. The number of nitriles is 1. The van der Waals surface area contributed by atoms with E-state index in [2.05, 4.69) is 16.4 Å². The quantitative estimate of drug-likeness (QED) is 0.221. The Hall–Kier alpha value is -4.04. The van der Waals surface area contributed by atoms with Crippen molar-refractivity contribution in [1.29, 1.82) is 5.26 Å². The van der Waals surface area contributed by atoms with Gasteiger partial charge in [-0.25, -0.2) is 4.39 Å². The average Bonchev–Trinajstić information content (AvgIpc) is 2.85. The van der Waals surface area contributed by atoms with Crippen LogP contribution in [0.5, 0.6) is 5.75 Å². The van der Waals surface area contributed by atoms with Crippen LogP contribution in [0.25, 0.3) is 11.6 Å². The fourth-order valence-electron chi connectivity index (χ4n) is 3.19. The summed E-state index contributed by atoms with van der Waals surface area (Å²) in [5.74, 6) is -1.18. The number of allylic oxidation sites excluding steroid dienone is 1. The van der Waals surface area contributed by atoms with Gasteiger partial charge in [-0.2, -0.15) is 5.26 Å². The minimum atomic E-state index is -2.06. The lowest BCUT2D eigenvalue weighted by Gasteiger charge is -2.19. The van der Waals surface area contributed by atoms with Crippen LogP contribution >= 0.6 is 0 Å². The first-order chi connectivity index (χ1) is 16.9. The Labute approximate surface area is 202 Å². The van der Waals surface area contributed by atoms with E-state index >= 15 is 0 Å². The van der Waals surface area contributed by atoms with E-state index in [1.807, 2.05) is 30.3 Å². The van der Waals surface area contributed by atoms with Crippen LogP contribution in [-0.4, -0.2) is 41.1 Å². The SMILES string of the molecule is N#CC(=Cc1ccc(F)c(OCCC(=O)N[C@@H](Cc2ccccc2)OB(O)O)c1)c1ccccn1. The minimum absolute atomic E-state index is 0.0762. The number of pyridine rings is 1. The first-order valence-corrected chi connectivity index (χ1v) is 10.7. The maximum atomic E-state index is 14.2. The molecule has 35 heavy (non-hydrogen) atoms. The third kappa shape index (κ3) is 8.35. The fraction of sp³-hybridized carbons (Fsp3) is 0.160. The molecule has 0 saturated heterocycles. The number of amides is 1. The molecule has 1 amide bonds. The lowest BCUT2D eigenvalue weighted by atomic mass is 10.1. The summed E-state index contributed by atoms with van der Waals surface area (Å²) in [6.45, 7) is -0.138. The zero-order valence-corrected chi connectivity index (χ0v) is 18.7. The van der Waals surface area contributed by atoms with E-state index in [1.165, 1.54) is 18.2 Å². The highest BCUT2D eigenvalue weighted by Crippen LogP contribution is 2.23. The van der Waals surface area contributed by atoms with Crippen LogP contribution in [0.3, 0.4) is 0 Å². The second-order valence-electron chi connectivity index (χ2n) is 7.38. The summed E-state index contributed by atoms with van der Waals surface area (Å²) in [5, 5.41) is 30.3. The van der Waals surface area contributed by atoms with E-state index in [4.69, 9.17) is 19.4 Å². The summed E-state index contributed by atoms with van der Waals surface area (Å²) in [6.07, 6.45) is 2.23. The highest BCUT2D eigenvalue weighted by molar-refractivity contribution is 6.32. The molecule has 0 aliphatic heterocycles. The fourth-order valence-corrected chi connectivity index (χ4v) is 3.19. The van der Waals surface area contributed by atoms with E-state index in [1.54, 1.807) is 30.5 Å². The van der Waals surface area contributed by atoms with Gasteiger partial charge in [0.1, 0.15) is 12.3 Å². The van der Waals surface area contributed by atoms with Gasteiger partial charge >= 0.3 is 7.32 Å². The smallest absolute Gasteiger partial charge is 0.490 e. The van der Waals surface area contributed by atoms with Crippen LogP contribution in [-0.2, 0) is 15.9 Å². The number of hydrogen-bond donors (Lipinski definition) is 3. The van der Waals surface area contributed by atoms with Crippen LogP contribution in [0, 0.1) is 17.1 Å². The lowest BCUT2D eigenvalue weighted by molar-refractivity contribution is -0.124.